The molecule has 0 amide bonds. The molecule has 2 rings (SSSR count). The summed E-state index contributed by atoms with van der Waals surface area (Å²) in [5, 5.41) is 0. The number of nitrogens with one attached hydrogen (secondary N) is 3. The Morgan fingerprint density at radius 1 is 1.32 bits per heavy atom. The van der Waals surface area contributed by atoms with E-state index in [0.717, 1.165) is 0 Å². The first-order valence-corrected chi connectivity index (χ1v) is 5.52. The van der Waals surface area contributed by atoms with E-state index >= 15 is 0 Å². The largest absolute Gasteiger partial charge is 0.384 e. The van der Waals surface area contributed by atoms with Crippen LogP contribution < -0.4 is 22.7 Å². The van der Waals surface area contributed by atoms with Crippen molar-refractivity contribution in [3.05, 3.63) is 53.8 Å². The minimum atomic E-state index is -0.497. The molecule has 9 heteroatoms. The molecule has 0 radical (unpaired) electrons. The van der Waals surface area contributed by atoms with Gasteiger partial charge >= 0.3 is 11.4 Å². The molecule has 2 heterocycles. The van der Waals surface area contributed by atoms with Crippen molar-refractivity contribution >= 4 is 21.7 Å². The van der Waals surface area contributed by atoms with Crippen LogP contribution in [0, 0.1) is 12.3 Å². The summed E-state index contributed by atoms with van der Waals surface area (Å²) < 4.78 is 0.321. The van der Waals surface area contributed by atoms with Crippen LogP contribution in [0.15, 0.2) is 31.3 Å². The van der Waals surface area contributed by atoms with E-state index in [1.165, 1.54) is 12.4 Å². The summed E-state index contributed by atoms with van der Waals surface area (Å²) in [5.74, 6) is 2.45. The average Bonchev–Trinajstić information content (AvgIpc) is 2.35. The van der Waals surface area contributed by atoms with Gasteiger partial charge in [-0.05, 0) is 15.9 Å². The third kappa shape index (κ3) is 4.29. The van der Waals surface area contributed by atoms with Crippen molar-refractivity contribution < 1.29 is 0 Å². The number of hydrogen-bond donors (Lipinski definition) is 4. The maximum atomic E-state index is 10.5. The smallest absolute Gasteiger partial charge is 0.346 e. The van der Waals surface area contributed by atoms with Gasteiger partial charge in [-0.15, -0.1) is 6.42 Å². The Morgan fingerprint density at radius 3 is 2.47 bits per heavy atom. The number of halogens is 1. The highest BCUT2D eigenvalue weighted by Crippen LogP contribution is 1.98. The first-order valence-electron chi connectivity index (χ1n) is 4.73. The number of H-pyrrole nitrogens is 3. The van der Waals surface area contributed by atoms with Crippen LogP contribution in [0.5, 0.6) is 0 Å². The van der Waals surface area contributed by atoms with Gasteiger partial charge in [0.1, 0.15) is 5.82 Å². The number of nitrogens with two attached hydrogens (primary N) is 1. The van der Waals surface area contributed by atoms with Crippen molar-refractivity contribution in [1.82, 2.24) is 19.9 Å². The highest BCUT2D eigenvalue weighted by Gasteiger charge is 1.94. The molecule has 5 N–H and O–H groups in total. The molecule has 0 atom stereocenters. The second kappa shape index (κ2) is 6.36. The molecule has 0 aliphatic carbocycles. The fraction of sp³-hybridized carbons (Fsp3) is 0. The van der Waals surface area contributed by atoms with Gasteiger partial charge in [-0.1, -0.05) is 5.92 Å². The Hall–Kier alpha value is -2.60. The monoisotopic (exact) mass is 325 g/mol. The number of nitrogens with zero attached hydrogens (tertiary/aromatic N) is 1. The molecule has 0 spiro atoms. The van der Waals surface area contributed by atoms with Gasteiger partial charge in [-0.25, -0.2) is 14.6 Å². The van der Waals surface area contributed by atoms with Crippen LogP contribution in [0.4, 0.5) is 5.82 Å². The summed E-state index contributed by atoms with van der Waals surface area (Å²) in [5.41, 5.74) is 4.29. The lowest BCUT2D eigenvalue weighted by Crippen LogP contribution is -2.21. The van der Waals surface area contributed by atoms with Crippen LogP contribution in [-0.2, 0) is 0 Å². The van der Waals surface area contributed by atoms with Crippen molar-refractivity contribution in [2.45, 2.75) is 0 Å². The lowest BCUT2D eigenvalue weighted by molar-refractivity contribution is 1.02. The minimum Gasteiger partial charge on any atom is -0.384 e. The van der Waals surface area contributed by atoms with Crippen molar-refractivity contribution in [1.29, 1.82) is 0 Å². The van der Waals surface area contributed by atoms with E-state index in [4.69, 9.17) is 12.2 Å². The number of hydrogen-bond acceptors (Lipinski definition) is 5. The minimum absolute atomic E-state index is 0.183. The lowest BCUT2D eigenvalue weighted by Gasteiger charge is -1.92. The van der Waals surface area contributed by atoms with Crippen LogP contribution in [0.25, 0.3) is 0 Å². The molecule has 8 nitrogen and oxygen atoms in total. The topological polar surface area (TPSA) is 137 Å². The molecule has 2 aromatic rings. The van der Waals surface area contributed by atoms with Gasteiger partial charge in [0.2, 0.25) is 0 Å². The third-order valence-corrected chi connectivity index (χ3v) is 2.36. The average molecular weight is 326 g/mol. The van der Waals surface area contributed by atoms with Crippen LogP contribution in [-0.4, -0.2) is 19.9 Å². The molecular weight excluding hydrogens is 318 g/mol. The molecule has 0 saturated carbocycles. The molecule has 0 aliphatic rings. The van der Waals surface area contributed by atoms with Gasteiger partial charge in [0.25, 0.3) is 5.56 Å². The predicted octanol–water partition coefficient (Wildman–Crippen LogP) is -0.841. The van der Waals surface area contributed by atoms with Crippen LogP contribution in [0.1, 0.15) is 5.56 Å². The molecule has 98 valence electrons. The second-order valence-electron chi connectivity index (χ2n) is 3.08. The molecule has 0 saturated heterocycles. The first kappa shape index (κ1) is 14.5. The zero-order valence-corrected chi connectivity index (χ0v) is 10.9. The molecule has 2 aromatic heterocycles. The van der Waals surface area contributed by atoms with Crippen LogP contribution >= 0.6 is 15.9 Å². The van der Waals surface area contributed by atoms with E-state index in [-0.39, 0.29) is 5.82 Å². The first-order chi connectivity index (χ1) is 8.93. The Balaban J connectivity index is 0.000000191. The normalized spacial score (nSPS) is 9.05. The summed E-state index contributed by atoms with van der Waals surface area (Å²) in [6.07, 6.45) is 7.56. The number of anilines is 1. The van der Waals surface area contributed by atoms with Gasteiger partial charge in [-0.3, -0.25) is 14.8 Å². The fourth-order valence-electron chi connectivity index (χ4n) is 0.916. The molecule has 19 heavy (non-hydrogen) atoms. The number of aromatic nitrogens is 4. The van der Waals surface area contributed by atoms with Crippen LogP contribution in [0.2, 0.25) is 0 Å². The van der Waals surface area contributed by atoms with Crippen molar-refractivity contribution in [2.75, 3.05) is 5.73 Å². The van der Waals surface area contributed by atoms with Gasteiger partial charge in [0.05, 0.1) is 16.2 Å². The summed E-state index contributed by atoms with van der Waals surface area (Å²) >= 11 is 2.92. The van der Waals surface area contributed by atoms with Gasteiger partial charge < -0.3 is 10.7 Å². The maximum Gasteiger partial charge on any atom is 0.346 e. The van der Waals surface area contributed by atoms with E-state index in [1.54, 1.807) is 0 Å². The molecule has 0 aliphatic heterocycles. The van der Waals surface area contributed by atoms with E-state index < -0.39 is 16.9 Å². The molecule has 0 unspecified atom stereocenters. The van der Waals surface area contributed by atoms with Crippen molar-refractivity contribution in [3.8, 4) is 12.3 Å². The number of terminal acetylenes is 1. The van der Waals surface area contributed by atoms with E-state index in [1.807, 2.05) is 4.98 Å². The SMILES string of the molecule is C#Cc1cnc(=O)[nH]c1N.O=c1[nH]cc(Br)c(=O)[nH]1. The Morgan fingerprint density at radius 2 is 2.00 bits per heavy atom. The van der Waals surface area contributed by atoms with Crippen molar-refractivity contribution in [2.24, 2.45) is 0 Å². The highest BCUT2D eigenvalue weighted by atomic mass is 79.9. The number of aromatic amines is 3. The predicted molar refractivity (Wildman–Crippen MR) is 72.6 cm³/mol. The fourth-order valence-corrected chi connectivity index (χ4v) is 1.13. The zero-order valence-electron chi connectivity index (χ0n) is 9.36. The second-order valence-corrected chi connectivity index (χ2v) is 3.93. The summed E-state index contributed by atoms with van der Waals surface area (Å²) in [6.45, 7) is 0. The zero-order chi connectivity index (χ0) is 14.4. The Labute approximate surface area is 114 Å². The third-order valence-electron chi connectivity index (χ3n) is 1.77. The van der Waals surface area contributed by atoms with Gasteiger partial charge in [0.15, 0.2) is 0 Å². The molecule has 0 fully saturated rings. The maximum absolute atomic E-state index is 10.5. The number of rotatable bonds is 0. The quantitative estimate of drug-likeness (QED) is 0.468. The summed E-state index contributed by atoms with van der Waals surface area (Å²) in [4.78, 5) is 41.2. The molecule has 0 aromatic carbocycles. The van der Waals surface area contributed by atoms with E-state index in [0.29, 0.717) is 10.0 Å². The standard InChI is InChI=1S/C6H5N3O.C4H3BrN2O2/c1-2-4-3-8-6(10)9-5(4)7;5-2-1-6-4(9)7-3(2)8/h1,3H,(H3,7,8,9,10);1H,(H2,6,7,8,9). The Kier molecular flexibility index (Phi) is 4.84. The van der Waals surface area contributed by atoms with Gasteiger partial charge in [-0.2, -0.15) is 0 Å². The highest BCUT2D eigenvalue weighted by molar-refractivity contribution is 9.10. The van der Waals surface area contributed by atoms with Gasteiger partial charge in [0, 0.05) is 6.20 Å². The lowest BCUT2D eigenvalue weighted by atomic mass is 10.3. The molecule has 0 bridgehead atoms. The number of nitrogen functional groups attached to an aromatic ring is 1. The van der Waals surface area contributed by atoms with E-state index in [9.17, 15) is 14.4 Å². The van der Waals surface area contributed by atoms with E-state index in [2.05, 4.69) is 36.8 Å². The molecular formula is C10H8BrN5O3. The summed E-state index contributed by atoms with van der Waals surface area (Å²) in [6, 6.07) is 0. The van der Waals surface area contributed by atoms with Crippen molar-refractivity contribution in [3.63, 3.8) is 0 Å². The Bertz CT molecular complexity index is 783. The van der Waals surface area contributed by atoms with Crippen LogP contribution in [0.3, 0.4) is 0 Å². The summed E-state index contributed by atoms with van der Waals surface area (Å²) in [7, 11) is 0.